The van der Waals surface area contributed by atoms with Gasteiger partial charge in [0.05, 0.1) is 0 Å². The average molecular weight is 225 g/mol. The van der Waals surface area contributed by atoms with Crippen LogP contribution in [0.1, 0.15) is 56.7 Å². The van der Waals surface area contributed by atoms with E-state index in [0.29, 0.717) is 5.92 Å². The van der Waals surface area contributed by atoms with Crippen molar-refractivity contribution in [2.75, 3.05) is 0 Å². The van der Waals surface area contributed by atoms with E-state index in [2.05, 4.69) is 26.0 Å². The second-order valence-corrected chi connectivity index (χ2v) is 4.51. The van der Waals surface area contributed by atoms with Gasteiger partial charge in [0.25, 0.3) is 0 Å². The minimum absolute atomic E-state index is 0.556. The molecule has 0 saturated heterocycles. The van der Waals surface area contributed by atoms with Crippen molar-refractivity contribution in [1.82, 2.24) is 0 Å². The number of fused-ring (bicyclic) bond motifs is 1. The van der Waals surface area contributed by atoms with Crippen LogP contribution < -0.4 is 0 Å². The molecule has 0 N–H and O–H groups in total. The van der Waals surface area contributed by atoms with Crippen LogP contribution in [0.15, 0.2) is 12.1 Å². The summed E-state index contributed by atoms with van der Waals surface area (Å²) in [7, 11) is 0. The number of halogens is 1. The van der Waals surface area contributed by atoms with Crippen LogP contribution in [0.5, 0.6) is 0 Å². The van der Waals surface area contributed by atoms with Gasteiger partial charge in [0.2, 0.25) is 0 Å². The maximum atomic E-state index is 6.20. The molecular formula is C14H21Cl. The third-order valence-electron chi connectivity index (χ3n) is 2.85. The first-order valence-electron chi connectivity index (χ1n) is 6.00. The van der Waals surface area contributed by atoms with Gasteiger partial charge in [-0.3, -0.25) is 0 Å². The van der Waals surface area contributed by atoms with E-state index in [9.17, 15) is 0 Å². The standard InChI is InChI=1S/C12H15Cl.C2H6/c1-8(2)12-10-5-3-4-9(10)6-7-11(12)13;1-2/h6-8H,3-5H2,1-2H3;1-2H3. The molecule has 0 amide bonds. The van der Waals surface area contributed by atoms with Crippen LogP contribution in [-0.2, 0) is 12.8 Å². The number of rotatable bonds is 1. The molecule has 1 aliphatic rings. The monoisotopic (exact) mass is 224 g/mol. The summed E-state index contributed by atoms with van der Waals surface area (Å²) in [6, 6.07) is 4.25. The summed E-state index contributed by atoms with van der Waals surface area (Å²) in [6.07, 6.45) is 3.77. The van der Waals surface area contributed by atoms with E-state index < -0.39 is 0 Å². The minimum Gasteiger partial charge on any atom is -0.0840 e. The van der Waals surface area contributed by atoms with Crippen LogP contribution in [0, 0.1) is 0 Å². The molecule has 84 valence electrons. The first kappa shape index (κ1) is 12.6. The summed E-state index contributed by atoms with van der Waals surface area (Å²) in [6.45, 7) is 8.44. The third kappa shape index (κ3) is 2.55. The van der Waals surface area contributed by atoms with Gasteiger partial charge in [0, 0.05) is 5.02 Å². The molecule has 0 heterocycles. The highest BCUT2D eigenvalue weighted by molar-refractivity contribution is 6.31. The van der Waals surface area contributed by atoms with Gasteiger partial charge in [-0.1, -0.05) is 45.4 Å². The number of benzene rings is 1. The first-order chi connectivity index (χ1) is 7.20. The predicted molar refractivity (Wildman–Crippen MR) is 68.9 cm³/mol. The number of hydrogen-bond donors (Lipinski definition) is 0. The highest BCUT2D eigenvalue weighted by Crippen LogP contribution is 2.34. The maximum Gasteiger partial charge on any atom is 0.0443 e. The summed E-state index contributed by atoms with van der Waals surface area (Å²) in [5.41, 5.74) is 4.44. The highest BCUT2D eigenvalue weighted by Gasteiger charge is 2.18. The molecule has 1 aromatic rings. The van der Waals surface area contributed by atoms with Crippen LogP contribution >= 0.6 is 11.6 Å². The van der Waals surface area contributed by atoms with Crippen molar-refractivity contribution in [3.63, 3.8) is 0 Å². The molecule has 0 aromatic heterocycles. The van der Waals surface area contributed by atoms with E-state index in [4.69, 9.17) is 11.6 Å². The number of aryl methyl sites for hydroxylation is 1. The molecule has 0 bridgehead atoms. The van der Waals surface area contributed by atoms with Crippen molar-refractivity contribution < 1.29 is 0 Å². The lowest BCUT2D eigenvalue weighted by atomic mass is 9.95. The number of hydrogen-bond acceptors (Lipinski definition) is 0. The van der Waals surface area contributed by atoms with Gasteiger partial charge in [-0.25, -0.2) is 0 Å². The predicted octanol–water partition coefficient (Wildman–Crippen LogP) is 4.98. The van der Waals surface area contributed by atoms with Crippen LogP contribution in [-0.4, -0.2) is 0 Å². The second kappa shape index (κ2) is 5.55. The minimum atomic E-state index is 0.556. The van der Waals surface area contributed by atoms with Crippen molar-refractivity contribution in [2.24, 2.45) is 0 Å². The molecule has 0 saturated carbocycles. The van der Waals surface area contributed by atoms with Crippen molar-refractivity contribution in [3.8, 4) is 0 Å². The fourth-order valence-electron chi connectivity index (χ4n) is 2.29. The quantitative estimate of drug-likeness (QED) is 0.631. The summed E-state index contributed by atoms with van der Waals surface area (Å²) in [4.78, 5) is 0. The Hall–Kier alpha value is -0.490. The molecule has 0 unspecified atom stereocenters. The summed E-state index contributed by atoms with van der Waals surface area (Å²) < 4.78 is 0. The average Bonchev–Trinajstić information content (AvgIpc) is 2.67. The van der Waals surface area contributed by atoms with Crippen molar-refractivity contribution in [2.45, 2.75) is 52.9 Å². The molecule has 15 heavy (non-hydrogen) atoms. The zero-order valence-corrected chi connectivity index (χ0v) is 11.0. The van der Waals surface area contributed by atoms with E-state index >= 15 is 0 Å². The Balaban J connectivity index is 0.000000531. The van der Waals surface area contributed by atoms with Gasteiger partial charge in [0.15, 0.2) is 0 Å². The highest BCUT2D eigenvalue weighted by atomic mass is 35.5. The molecular weight excluding hydrogens is 204 g/mol. The lowest BCUT2D eigenvalue weighted by molar-refractivity contribution is 0.839. The maximum absolute atomic E-state index is 6.20. The van der Waals surface area contributed by atoms with Gasteiger partial charge in [-0.2, -0.15) is 0 Å². The molecule has 0 nitrogen and oxygen atoms in total. The lowest BCUT2D eigenvalue weighted by Gasteiger charge is -2.13. The molecule has 0 atom stereocenters. The lowest BCUT2D eigenvalue weighted by Crippen LogP contribution is -1.96. The van der Waals surface area contributed by atoms with Gasteiger partial charge in [-0.15, -0.1) is 0 Å². The van der Waals surface area contributed by atoms with E-state index in [1.807, 2.05) is 13.8 Å². The summed E-state index contributed by atoms with van der Waals surface area (Å²) in [5.74, 6) is 0.556. The molecule has 2 rings (SSSR count). The van der Waals surface area contributed by atoms with E-state index in [1.54, 1.807) is 0 Å². The Morgan fingerprint density at radius 2 is 1.80 bits per heavy atom. The molecule has 1 aromatic carbocycles. The zero-order valence-electron chi connectivity index (χ0n) is 10.2. The van der Waals surface area contributed by atoms with Crippen molar-refractivity contribution >= 4 is 11.6 Å². The van der Waals surface area contributed by atoms with Crippen LogP contribution in [0.4, 0.5) is 0 Å². The first-order valence-corrected chi connectivity index (χ1v) is 6.38. The van der Waals surface area contributed by atoms with Gasteiger partial charge in [0.1, 0.15) is 0 Å². The van der Waals surface area contributed by atoms with E-state index in [-0.39, 0.29) is 0 Å². The Labute approximate surface area is 98.7 Å². The van der Waals surface area contributed by atoms with E-state index in [0.717, 1.165) is 5.02 Å². The smallest absolute Gasteiger partial charge is 0.0443 e. The van der Waals surface area contributed by atoms with Crippen LogP contribution in [0.25, 0.3) is 0 Å². The Morgan fingerprint density at radius 3 is 2.40 bits per heavy atom. The third-order valence-corrected chi connectivity index (χ3v) is 3.18. The molecule has 1 heteroatoms. The van der Waals surface area contributed by atoms with Crippen molar-refractivity contribution in [1.29, 1.82) is 0 Å². The van der Waals surface area contributed by atoms with Gasteiger partial charge < -0.3 is 0 Å². The fraction of sp³-hybridized carbons (Fsp3) is 0.571. The largest absolute Gasteiger partial charge is 0.0840 e. The van der Waals surface area contributed by atoms with Crippen LogP contribution in [0.2, 0.25) is 5.02 Å². The molecule has 0 aliphatic heterocycles. The normalized spacial score (nSPS) is 13.5. The molecule has 0 spiro atoms. The van der Waals surface area contributed by atoms with Gasteiger partial charge >= 0.3 is 0 Å². The van der Waals surface area contributed by atoms with Crippen molar-refractivity contribution in [3.05, 3.63) is 33.8 Å². The fourth-order valence-corrected chi connectivity index (χ4v) is 2.69. The van der Waals surface area contributed by atoms with E-state index in [1.165, 1.54) is 36.0 Å². The Bertz CT molecular complexity index is 326. The molecule has 1 aliphatic carbocycles. The molecule has 0 fully saturated rings. The summed E-state index contributed by atoms with van der Waals surface area (Å²) >= 11 is 6.20. The Kier molecular flexibility index (Phi) is 4.66. The second-order valence-electron chi connectivity index (χ2n) is 4.11. The van der Waals surface area contributed by atoms with Crippen LogP contribution in [0.3, 0.4) is 0 Å². The summed E-state index contributed by atoms with van der Waals surface area (Å²) in [5, 5.41) is 0.954. The topological polar surface area (TPSA) is 0 Å². The SMILES string of the molecule is CC.CC(C)c1c(Cl)ccc2c1CCC2. The molecule has 0 radical (unpaired) electrons. The van der Waals surface area contributed by atoms with Gasteiger partial charge in [-0.05, 0) is 47.9 Å². The Morgan fingerprint density at radius 1 is 1.13 bits per heavy atom. The zero-order chi connectivity index (χ0) is 11.4.